The third-order valence-corrected chi connectivity index (χ3v) is 12.1. The van der Waals surface area contributed by atoms with E-state index < -0.39 is 92.6 Å². The zero-order chi connectivity index (χ0) is 50.6. The molecule has 0 aliphatic rings. The molecule has 27 nitrogen and oxygen atoms in total. The molecule has 0 saturated carbocycles. The molecular weight excluding hydrogens is 981 g/mol. The van der Waals surface area contributed by atoms with Gasteiger partial charge in [-0.15, -0.1) is 30.7 Å². The number of benzene rings is 5. The first kappa shape index (κ1) is 50.7. The lowest BCUT2D eigenvalue weighted by atomic mass is 10.1. The van der Waals surface area contributed by atoms with Crippen LogP contribution < -0.4 is 24.5 Å². The number of rotatable bonds is 19. The number of aliphatic hydroxyl groups is 2. The number of nitrogens with zero attached hydrogens (tertiary/aromatic N) is 7. The molecule has 0 radical (unpaired) electrons. The number of aromatic nitrogens is 2. The monoisotopic (exact) mass is 1020 g/mol. The molecule has 364 valence electrons. The van der Waals surface area contributed by atoms with Gasteiger partial charge in [0.15, 0.2) is 17.1 Å². The van der Waals surface area contributed by atoms with Gasteiger partial charge in [0.2, 0.25) is 0 Å². The van der Waals surface area contributed by atoms with Crippen molar-refractivity contribution >= 4 is 81.2 Å². The summed E-state index contributed by atoms with van der Waals surface area (Å²) in [4.78, 5) is 23.7. The Kier molecular flexibility index (Phi) is 14.9. The molecule has 6 aromatic rings. The number of phenolic OH excluding ortho intramolecular Hbond substituents is 1. The molecule has 69 heavy (non-hydrogen) atoms. The maximum absolute atomic E-state index is 13.7. The summed E-state index contributed by atoms with van der Waals surface area (Å²) < 4.78 is 125. The predicted molar refractivity (Wildman–Crippen MR) is 237 cm³/mol. The zero-order valence-corrected chi connectivity index (χ0v) is 38.0. The maximum Gasteiger partial charge on any atom is 0.356 e. The lowest BCUT2D eigenvalue weighted by molar-refractivity contribution is 0.0690. The highest BCUT2D eigenvalue weighted by atomic mass is 32.2. The molecule has 5 aromatic carbocycles. The van der Waals surface area contributed by atoms with Crippen molar-refractivity contribution in [1.29, 1.82) is 0 Å². The predicted octanol–water partition coefficient (Wildman–Crippen LogP) is 5.78. The Hall–Kier alpha value is -7.71. The van der Waals surface area contributed by atoms with Gasteiger partial charge in [-0.05, 0) is 60.3 Å². The topological polar surface area (TPSA) is 410 Å². The summed E-state index contributed by atoms with van der Waals surface area (Å²) in [5.41, 5.74) is -4.61. The van der Waals surface area contributed by atoms with Crippen LogP contribution >= 0.6 is 0 Å². The van der Waals surface area contributed by atoms with Gasteiger partial charge in [-0.1, -0.05) is 0 Å². The lowest BCUT2D eigenvalue weighted by Gasteiger charge is -2.13. The van der Waals surface area contributed by atoms with E-state index in [0.717, 1.165) is 49.6 Å². The van der Waals surface area contributed by atoms with Crippen molar-refractivity contribution in [3.63, 3.8) is 0 Å². The number of H-pyrrole nitrogens is 1. The van der Waals surface area contributed by atoms with Crippen LogP contribution in [0.15, 0.2) is 117 Å². The number of azo groups is 3. The molecule has 30 heteroatoms. The van der Waals surface area contributed by atoms with E-state index in [1.807, 2.05) is 0 Å². The van der Waals surface area contributed by atoms with E-state index in [4.69, 9.17) is 18.9 Å². The van der Waals surface area contributed by atoms with E-state index in [-0.39, 0.29) is 81.0 Å². The molecule has 8 N–H and O–H groups in total. The zero-order valence-electron chi connectivity index (χ0n) is 35.6. The van der Waals surface area contributed by atoms with Crippen molar-refractivity contribution in [3.05, 3.63) is 88.3 Å². The highest BCUT2D eigenvalue weighted by Crippen LogP contribution is 2.45. The van der Waals surface area contributed by atoms with Gasteiger partial charge in [-0.2, -0.15) is 25.3 Å². The van der Waals surface area contributed by atoms with Gasteiger partial charge in [0.1, 0.15) is 79.3 Å². The van der Waals surface area contributed by atoms with E-state index in [2.05, 4.69) is 35.8 Å². The summed E-state index contributed by atoms with van der Waals surface area (Å²) in [6, 6.07) is 12.2. The van der Waals surface area contributed by atoms with Crippen molar-refractivity contribution in [3.8, 4) is 34.4 Å². The number of hydrogen-bond donors (Lipinski definition) is 8. The van der Waals surface area contributed by atoms with Gasteiger partial charge in [0.25, 0.3) is 35.9 Å². The summed E-state index contributed by atoms with van der Waals surface area (Å²) in [6.45, 7) is -0.462. The first-order valence-electron chi connectivity index (χ1n) is 19.1. The van der Waals surface area contributed by atoms with Crippen LogP contribution in [-0.4, -0.2) is 116 Å². The number of carboxylic acids is 1. The molecule has 0 unspecified atom stereocenters. The summed E-state index contributed by atoms with van der Waals surface area (Å²) >= 11 is 0. The fourth-order valence-corrected chi connectivity index (χ4v) is 8.28. The number of aromatic amines is 1. The molecule has 0 fully saturated rings. The van der Waals surface area contributed by atoms with Crippen LogP contribution in [0, 0.1) is 6.92 Å². The molecule has 0 saturated heterocycles. The highest BCUT2D eigenvalue weighted by Gasteiger charge is 2.26. The smallest absolute Gasteiger partial charge is 0.356 e. The van der Waals surface area contributed by atoms with Crippen molar-refractivity contribution in [1.82, 2.24) is 9.78 Å². The third kappa shape index (κ3) is 11.2. The first-order valence-corrected chi connectivity index (χ1v) is 23.4. The van der Waals surface area contributed by atoms with Crippen LogP contribution in [0.25, 0.3) is 16.5 Å². The van der Waals surface area contributed by atoms with Gasteiger partial charge in [0, 0.05) is 29.7 Å². The fraction of sp³-hybridized carbons (Fsp3) is 0.179. The number of carboxylic acid groups (broad SMARTS) is 1. The van der Waals surface area contributed by atoms with Gasteiger partial charge < -0.3 is 39.4 Å². The molecule has 1 heterocycles. The number of aryl methyl sites for hydroxylation is 1. The largest absolute Gasteiger partial charge is 0.505 e. The number of methoxy groups -OCH3 is 2. The number of nitrogens with one attached hydrogen (secondary N) is 1. The standard InChI is InChI=1S/C39H36N8O19S3/c1-19-12-25(28(64-3)18-31(19)67(54,55)56)42-45-35-36(39(52)53)46-47(38(35)51)21-4-6-23-20(13-21)14-33(69(60,61)62)34(37(23)50)44-43-27-17-29(65-10-8-48)26(16-30(27)66-11-9-49)41-40-24-7-5-22(63-2)15-32(24)68(57,58)59/h4-7,12-18,46,48-50H,8-11H2,1-3H3,(H,52,53)(H,54,55,56)(H,57,58,59)(H,60,61,62). The number of aromatic hydroxyl groups is 1. The maximum atomic E-state index is 13.7. The van der Waals surface area contributed by atoms with Crippen LogP contribution in [0.5, 0.6) is 28.7 Å². The number of ether oxygens (including phenoxy) is 4. The number of fused-ring (bicyclic) bond motifs is 1. The summed E-state index contributed by atoms with van der Waals surface area (Å²) in [5.74, 6) is -3.15. The van der Waals surface area contributed by atoms with Crippen LogP contribution in [-0.2, 0) is 30.4 Å². The quantitative estimate of drug-likeness (QED) is 0.0352. The average Bonchev–Trinajstić information content (AvgIpc) is 3.63. The Balaban J connectivity index is 1.44. The van der Waals surface area contributed by atoms with Gasteiger partial charge in [-0.3, -0.25) is 23.6 Å². The summed E-state index contributed by atoms with van der Waals surface area (Å²) in [6.07, 6.45) is 0. The van der Waals surface area contributed by atoms with Crippen molar-refractivity contribution in [2.24, 2.45) is 30.7 Å². The molecule has 0 aliphatic heterocycles. The first-order chi connectivity index (χ1) is 32.5. The molecule has 0 amide bonds. The van der Waals surface area contributed by atoms with Gasteiger partial charge in [0.05, 0.1) is 33.1 Å². The Bertz CT molecular complexity index is 3520. The van der Waals surface area contributed by atoms with Crippen LogP contribution in [0.3, 0.4) is 0 Å². The number of aliphatic hydroxyl groups excluding tert-OH is 2. The molecule has 0 aliphatic carbocycles. The normalized spacial score (nSPS) is 12.4. The van der Waals surface area contributed by atoms with Crippen LogP contribution in [0.2, 0.25) is 0 Å². The minimum atomic E-state index is -5.27. The van der Waals surface area contributed by atoms with Crippen molar-refractivity contribution in [2.75, 3.05) is 40.6 Å². The number of phenols is 1. The summed E-state index contributed by atoms with van der Waals surface area (Å²) in [7, 11) is -12.4. The van der Waals surface area contributed by atoms with Gasteiger partial charge >= 0.3 is 5.97 Å². The second kappa shape index (κ2) is 20.3. The minimum absolute atomic E-state index is 0.00222. The minimum Gasteiger partial charge on any atom is -0.505 e. The number of hydrogen-bond acceptors (Lipinski definition) is 21. The molecular formula is C39H36N8O19S3. The van der Waals surface area contributed by atoms with Crippen molar-refractivity contribution in [2.45, 2.75) is 21.6 Å². The van der Waals surface area contributed by atoms with E-state index in [0.29, 0.717) is 4.68 Å². The molecule has 1 aromatic heterocycles. The third-order valence-electron chi connectivity index (χ3n) is 9.37. The number of aromatic carboxylic acids is 1. The molecule has 0 bridgehead atoms. The summed E-state index contributed by atoms with van der Waals surface area (Å²) in [5, 5.41) is 65.9. The fourth-order valence-electron chi connectivity index (χ4n) is 6.26. The Morgan fingerprint density at radius 3 is 1.72 bits per heavy atom. The highest BCUT2D eigenvalue weighted by molar-refractivity contribution is 7.86. The lowest BCUT2D eigenvalue weighted by Crippen LogP contribution is -2.14. The Labute approximate surface area is 388 Å². The van der Waals surface area contributed by atoms with E-state index in [1.165, 1.54) is 38.3 Å². The molecule has 0 spiro atoms. The average molecular weight is 1020 g/mol. The van der Waals surface area contributed by atoms with E-state index >= 15 is 0 Å². The Morgan fingerprint density at radius 1 is 0.638 bits per heavy atom. The SMILES string of the molecule is COc1ccc(N=Nc2cc(OCCO)c(N=Nc3c(S(=O)(=O)O)cc4cc(-n5[nH]c(C(=O)O)c(N=Nc6cc(C)c(S(=O)(=O)O)cc6OC)c5=O)ccc4c3O)cc2OCCO)c(S(=O)(=O)O)c1. The molecule has 0 atom stereocenters. The van der Waals surface area contributed by atoms with E-state index in [1.54, 1.807) is 0 Å². The van der Waals surface area contributed by atoms with Crippen LogP contribution in [0.4, 0.5) is 34.1 Å². The second-order valence-corrected chi connectivity index (χ2v) is 18.0. The van der Waals surface area contributed by atoms with Crippen LogP contribution in [0.1, 0.15) is 16.1 Å². The van der Waals surface area contributed by atoms with Gasteiger partial charge in [-0.25, -0.2) is 9.48 Å². The second-order valence-electron chi connectivity index (χ2n) is 13.8. The molecule has 6 rings (SSSR count). The van der Waals surface area contributed by atoms with E-state index in [9.17, 15) is 68.9 Å². The number of carbonyl (C=O) groups is 1. The van der Waals surface area contributed by atoms with Crippen molar-refractivity contribution < 1.29 is 83.1 Å². The Morgan fingerprint density at radius 2 is 1.19 bits per heavy atom.